The van der Waals surface area contributed by atoms with Gasteiger partial charge in [-0.15, -0.1) is 0 Å². The molecule has 2 aromatic carbocycles. The number of ether oxygens (including phenoxy) is 1. The number of hydrogen-bond acceptors (Lipinski definition) is 4. The lowest BCUT2D eigenvalue weighted by Crippen LogP contribution is -2.08. The molecule has 1 aliphatic rings. The summed E-state index contributed by atoms with van der Waals surface area (Å²) in [5, 5.41) is 10.2. The third kappa shape index (κ3) is 3.96. The first-order valence-electron chi connectivity index (χ1n) is 10.6. The predicted molar refractivity (Wildman–Crippen MR) is 119 cm³/mol. The molecule has 162 valence electrons. The summed E-state index contributed by atoms with van der Waals surface area (Å²) in [6.45, 7) is 0. The highest BCUT2D eigenvalue weighted by molar-refractivity contribution is 5.83. The number of aromatic nitrogens is 1. The molecule has 1 aliphatic carbocycles. The van der Waals surface area contributed by atoms with E-state index in [-0.39, 0.29) is 18.2 Å². The van der Waals surface area contributed by atoms with Gasteiger partial charge in [-0.05, 0) is 66.6 Å². The number of furan rings is 1. The zero-order valence-electron chi connectivity index (χ0n) is 17.5. The van der Waals surface area contributed by atoms with Crippen LogP contribution < -0.4 is 4.74 Å². The number of rotatable bonds is 7. The summed E-state index contributed by atoms with van der Waals surface area (Å²) >= 11 is 0. The summed E-state index contributed by atoms with van der Waals surface area (Å²) in [7, 11) is 1.54. The molecule has 0 radical (unpaired) electrons. The number of pyridine rings is 1. The number of hydrogen-bond donors (Lipinski definition) is 1. The van der Waals surface area contributed by atoms with Gasteiger partial charge in [0, 0.05) is 22.7 Å². The van der Waals surface area contributed by atoms with Gasteiger partial charge in [-0.2, -0.15) is 0 Å². The fourth-order valence-electron chi connectivity index (χ4n) is 4.20. The smallest absolute Gasteiger partial charge is 0.303 e. The topological polar surface area (TPSA) is 72.6 Å². The molecule has 1 saturated carbocycles. The molecule has 5 nitrogen and oxygen atoms in total. The van der Waals surface area contributed by atoms with Crippen LogP contribution in [0.4, 0.5) is 4.39 Å². The van der Waals surface area contributed by atoms with E-state index in [2.05, 4.69) is 4.98 Å². The fraction of sp³-hybridized carbons (Fsp3) is 0.231. The number of aliphatic carboxylic acids is 1. The highest BCUT2D eigenvalue weighted by Crippen LogP contribution is 2.45. The summed E-state index contributed by atoms with van der Waals surface area (Å²) in [4.78, 5) is 15.8. The number of benzene rings is 2. The van der Waals surface area contributed by atoms with Crippen LogP contribution in [0.2, 0.25) is 0 Å². The van der Waals surface area contributed by atoms with Gasteiger partial charge >= 0.3 is 5.97 Å². The molecule has 1 N–H and O–H groups in total. The molecule has 1 unspecified atom stereocenters. The molecule has 2 heterocycles. The Labute approximate surface area is 184 Å². The number of fused-ring (bicyclic) bond motifs is 1. The van der Waals surface area contributed by atoms with Crippen LogP contribution in [0.15, 0.2) is 65.2 Å². The lowest BCUT2D eigenvalue weighted by molar-refractivity contribution is -0.137. The summed E-state index contributed by atoms with van der Waals surface area (Å²) in [6, 6.07) is 16.0. The Kier molecular flexibility index (Phi) is 5.13. The van der Waals surface area contributed by atoms with Crippen molar-refractivity contribution in [2.75, 3.05) is 7.11 Å². The quantitative estimate of drug-likeness (QED) is 0.373. The third-order valence-electron chi connectivity index (χ3n) is 6.06. The molecule has 5 rings (SSSR count). The van der Waals surface area contributed by atoms with Crippen LogP contribution >= 0.6 is 0 Å². The maximum atomic E-state index is 14.3. The lowest BCUT2D eigenvalue weighted by Gasteiger charge is -2.14. The lowest BCUT2D eigenvalue weighted by atomic mass is 9.90. The molecule has 0 spiro atoms. The van der Waals surface area contributed by atoms with Gasteiger partial charge in [0.05, 0.1) is 13.5 Å². The van der Waals surface area contributed by atoms with Crippen LogP contribution in [0.25, 0.3) is 33.6 Å². The highest BCUT2D eigenvalue weighted by Gasteiger charge is 2.34. The Hall–Kier alpha value is -3.67. The minimum absolute atomic E-state index is 0.0145. The van der Waals surface area contributed by atoms with Crippen molar-refractivity contribution in [3.8, 4) is 28.3 Å². The van der Waals surface area contributed by atoms with Crippen LogP contribution in [-0.4, -0.2) is 23.2 Å². The Bertz CT molecular complexity index is 1290. The van der Waals surface area contributed by atoms with Gasteiger partial charge < -0.3 is 14.3 Å². The van der Waals surface area contributed by atoms with Crippen molar-refractivity contribution < 1.29 is 23.4 Å². The van der Waals surface area contributed by atoms with E-state index in [0.29, 0.717) is 39.8 Å². The zero-order chi connectivity index (χ0) is 22.2. The summed E-state index contributed by atoms with van der Waals surface area (Å²) < 4.78 is 25.5. The Balaban J connectivity index is 1.44. The maximum absolute atomic E-state index is 14.3. The van der Waals surface area contributed by atoms with Crippen molar-refractivity contribution in [2.24, 2.45) is 5.92 Å². The van der Waals surface area contributed by atoms with E-state index in [1.54, 1.807) is 37.6 Å². The molecule has 0 aliphatic heterocycles. The minimum Gasteiger partial charge on any atom is -0.497 e. The van der Waals surface area contributed by atoms with E-state index in [4.69, 9.17) is 9.15 Å². The number of carboxylic acids is 1. The average Bonchev–Trinajstić information content (AvgIpc) is 3.55. The summed E-state index contributed by atoms with van der Waals surface area (Å²) in [6.07, 6.45) is 3.89. The van der Waals surface area contributed by atoms with E-state index in [1.807, 2.05) is 24.3 Å². The molecule has 1 atom stereocenters. The number of carboxylic acid groups (broad SMARTS) is 1. The monoisotopic (exact) mass is 431 g/mol. The molecule has 6 heteroatoms. The van der Waals surface area contributed by atoms with Gasteiger partial charge in [-0.1, -0.05) is 18.2 Å². The third-order valence-corrected chi connectivity index (χ3v) is 6.06. The van der Waals surface area contributed by atoms with E-state index < -0.39 is 5.97 Å². The molecule has 2 aromatic heterocycles. The molecule has 1 fully saturated rings. The average molecular weight is 431 g/mol. The Morgan fingerprint density at radius 1 is 1.19 bits per heavy atom. The highest BCUT2D eigenvalue weighted by atomic mass is 19.1. The van der Waals surface area contributed by atoms with Crippen molar-refractivity contribution in [2.45, 2.75) is 25.2 Å². The van der Waals surface area contributed by atoms with Crippen molar-refractivity contribution in [1.29, 1.82) is 0 Å². The standard InChI is InChI=1S/C26H22FNO4/c1-31-19-7-8-22(27)21(12-19)18-6-9-23(28-14-18)25-11-17-5-4-16(10-24(17)32-25)20(13-26(29)30)15-2-3-15/h4-12,14-15,20H,2-3,13H2,1H3,(H,29,30). The second-order valence-corrected chi connectivity index (χ2v) is 8.23. The van der Waals surface area contributed by atoms with Crippen LogP contribution in [0.5, 0.6) is 5.75 Å². The van der Waals surface area contributed by atoms with Crippen LogP contribution in [0, 0.1) is 11.7 Å². The molecule has 0 bridgehead atoms. The largest absolute Gasteiger partial charge is 0.497 e. The molecule has 0 saturated heterocycles. The molecular formula is C26H22FNO4. The molecule has 32 heavy (non-hydrogen) atoms. The molecule has 4 aromatic rings. The van der Waals surface area contributed by atoms with Crippen LogP contribution in [-0.2, 0) is 4.79 Å². The first-order chi connectivity index (χ1) is 15.5. The van der Waals surface area contributed by atoms with Gasteiger partial charge in [-0.25, -0.2) is 4.39 Å². The first-order valence-corrected chi connectivity index (χ1v) is 10.6. The summed E-state index contributed by atoms with van der Waals surface area (Å²) in [5.41, 5.74) is 3.41. The second-order valence-electron chi connectivity index (χ2n) is 8.23. The van der Waals surface area contributed by atoms with E-state index in [1.165, 1.54) is 6.07 Å². The SMILES string of the molecule is COc1ccc(F)c(-c2ccc(-c3cc4ccc(C(CC(=O)O)C5CC5)cc4o3)nc2)c1. The van der Waals surface area contributed by atoms with Crippen molar-refractivity contribution in [3.05, 3.63) is 72.2 Å². The van der Waals surface area contributed by atoms with Crippen LogP contribution in [0.3, 0.4) is 0 Å². The second kappa shape index (κ2) is 8.11. The van der Waals surface area contributed by atoms with E-state index in [0.717, 1.165) is 23.8 Å². The van der Waals surface area contributed by atoms with Gasteiger partial charge in [0.25, 0.3) is 0 Å². The first kappa shape index (κ1) is 20.2. The van der Waals surface area contributed by atoms with Crippen molar-refractivity contribution in [3.63, 3.8) is 0 Å². The normalized spacial score (nSPS) is 14.4. The van der Waals surface area contributed by atoms with E-state index in [9.17, 15) is 14.3 Å². The molecular weight excluding hydrogens is 409 g/mol. The minimum atomic E-state index is -0.779. The number of carbonyl (C=O) groups is 1. The van der Waals surface area contributed by atoms with Crippen molar-refractivity contribution >= 4 is 16.9 Å². The van der Waals surface area contributed by atoms with Gasteiger partial charge in [0.1, 0.15) is 22.8 Å². The number of nitrogens with zero attached hydrogens (tertiary/aromatic N) is 1. The Morgan fingerprint density at radius 2 is 2.03 bits per heavy atom. The van der Waals surface area contributed by atoms with Gasteiger partial charge in [-0.3, -0.25) is 9.78 Å². The Morgan fingerprint density at radius 3 is 2.72 bits per heavy atom. The zero-order valence-corrected chi connectivity index (χ0v) is 17.5. The number of methoxy groups -OCH3 is 1. The number of halogens is 1. The fourth-order valence-corrected chi connectivity index (χ4v) is 4.20. The molecule has 0 amide bonds. The van der Waals surface area contributed by atoms with Gasteiger partial charge in [0.2, 0.25) is 0 Å². The van der Waals surface area contributed by atoms with E-state index >= 15 is 0 Å². The maximum Gasteiger partial charge on any atom is 0.303 e. The van der Waals surface area contributed by atoms with Gasteiger partial charge in [0.15, 0.2) is 5.76 Å². The van der Waals surface area contributed by atoms with Crippen molar-refractivity contribution in [1.82, 2.24) is 4.98 Å². The predicted octanol–water partition coefficient (Wildman–Crippen LogP) is 6.28. The summed E-state index contributed by atoms with van der Waals surface area (Å²) in [5.74, 6) is 0.508. The van der Waals surface area contributed by atoms with Crippen LogP contribution in [0.1, 0.15) is 30.7 Å².